The van der Waals surface area contributed by atoms with E-state index in [1.807, 2.05) is 17.0 Å². The normalized spacial score (nSPS) is 16.8. The largest absolute Gasteiger partial charge is 0.355 e. The van der Waals surface area contributed by atoms with Crippen molar-refractivity contribution in [1.82, 2.24) is 10.1 Å². The van der Waals surface area contributed by atoms with Gasteiger partial charge < -0.3 is 9.42 Å². The molecular weight excluding hydrogens is 331 g/mol. The van der Waals surface area contributed by atoms with Gasteiger partial charge in [0.2, 0.25) is 0 Å². The molecule has 0 spiro atoms. The zero-order chi connectivity index (χ0) is 18.1. The minimum absolute atomic E-state index is 0.0645. The summed E-state index contributed by atoms with van der Waals surface area (Å²) >= 11 is 0. The third kappa shape index (κ3) is 3.01. The Morgan fingerprint density at radius 2 is 1.96 bits per heavy atom. The van der Waals surface area contributed by atoms with E-state index in [0.717, 1.165) is 12.8 Å². The molecule has 2 heterocycles. The van der Waals surface area contributed by atoms with Gasteiger partial charge in [0.05, 0.1) is 6.04 Å². The van der Waals surface area contributed by atoms with Crippen molar-refractivity contribution in [3.63, 3.8) is 0 Å². The number of aryl methyl sites for hydroxylation is 1. The zero-order valence-electron chi connectivity index (χ0n) is 14.5. The molecule has 0 radical (unpaired) electrons. The quantitative estimate of drug-likeness (QED) is 0.684. The highest BCUT2D eigenvalue weighted by atomic mass is 19.1. The molecule has 26 heavy (non-hydrogen) atoms. The molecule has 1 aromatic heterocycles. The monoisotopic (exact) mass is 350 g/mol. The SMILES string of the molecule is Cc1ccccc1[C@H]1CCCN1C(=O)c1cc(-c2ccc(F)cc2)on1. The molecule has 1 aliphatic heterocycles. The Morgan fingerprint density at radius 3 is 2.73 bits per heavy atom. The molecule has 0 aliphatic carbocycles. The number of carbonyl (C=O) groups is 1. The molecule has 5 heteroatoms. The van der Waals surface area contributed by atoms with Crippen LogP contribution in [-0.4, -0.2) is 22.5 Å². The summed E-state index contributed by atoms with van der Waals surface area (Å²) < 4.78 is 18.4. The lowest BCUT2D eigenvalue weighted by molar-refractivity contribution is 0.0725. The number of carbonyl (C=O) groups excluding carboxylic acids is 1. The van der Waals surface area contributed by atoms with Crippen LogP contribution in [0.25, 0.3) is 11.3 Å². The minimum Gasteiger partial charge on any atom is -0.355 e. The summed E-state index contributed by atoms with van der Waals surface area (Å²) in [6.07, 6.45) is 1.91. The molecule has 1 aliphatic rings. The number of aromatic nitrogens is 1. The van der Waals surface area contributed by atoms with E-state index in [2.05, 4.69) is 24.2 Å². The Hall–Kier alpha value is -2.95. The topological polar surface area (TPSA) is 46.3 Å². The van der Waals surface area contributed by atoms with Crippen LogP contribution >= 0.6 is 0 Å². The van der Waals surface area contributed by atoms with E-state index in [1.54, 1.807) is 18.2 Å². The van der Waals surface area contributed by atoms with Crippen LogP contribution in [0.3, 0.4) is 0 Å². The van der Waals surface area contributed by atoms with Gasteiger partial charge in [0, 0.05) is 18.2 Å². The maximum absolute atomic E-state index is 13.1. The Balaban J connectivity index is 1.59. The van der Waals surface area contributed by atoms with Gasteiger partial charge in [-0.25, -0.2) is 4.39 Å². The van der Waals surface area contributed by atoms with E-state index in [9.17, 15) is 9.18 Å². The summed E-state index contributed by atoms with van der Waals surface area (Å²) in [5.74, 6) is 0.00978. The summed E-state index contributed by atoms with van der Waals surface area (Å²) in [6.45, 7) is 2.77. The first kappa shape index (κ1) is 16.5. The fraction of sp³-hybridized carbons (Fsp3) is 0.238. The van der Waals surface area contributed by atoms with Gasteiger partial charge in [-0.15, -0.1) is 0 Å². The van der Waals surface area contributed by atoms with Gasteiger partial charge in [-0.2, -0.15) is 0 Å². The van der Waals surface area contributed by atoms with E-state index in [0.29, 0.717) is 17.9 Å². The number of nitrogens with zero attached hydrogens (tertiary/aromatic N) is 2. The predicted molar refractivity (Wildman–Crippen MR) is 96.1 cm³/mol. The van der Waals surface area contributed by atoms with Crippen LogP contribution in [0.15, 0.2) is 59.1 Å². The molecule has 0 N–H and O–H groups in total. The van der Waals surface area contributed by atoms with Gasteiger partial charge in [-0.3, -0.25) is 4.79 Å². The third-order valence-corrected chi connectivity index (χ3v) is 4.92. The van der Waals surface area contributed by atoms with Crippen LogP contribution in [0.2, 0.25) is 0 Å². The molecule has 1 amide bonds. The number of likely N-dealkylation sites (tertiary alicyclic amines) is 1. The fourth-order valence-electron chi connectivity index (χ4n) is 3.57. The van der Waals surface area contributed by atoms with E-state index in [-0.39, 0.29) is 23.5 Å². The lowest BCUT2D eigenvalue weighted by Gasteiger charge is -2.25. The Kier molecular flexibility index (Phi) is 4.29. The number of rotatable bonds is 3. The molecular formula is C21H19FN2O2. The summed E-state index contributed by atoms with van der Waals surface area (Å²) in [5.41, 5.74) is 3.34. The first-order chi connectivity index (χ1) is 12.6. The molecule has 2 aromatic carbocycles. The van der Waals surface area contributed by atoms with Gasteiger partial charge in [0.15, 0.2) is 11.5 Å². The summed E-state index contributed by atoms with van der Waals surface area (Å²) in [7, 11) is 0. The van der Waals surface area contributed by atoms with Crippen molar-refractivity contribution in [2.45, 2.75) is 25.8 Å². The molecule has 3 aromatic rings. The van der Waals surface area contributed by atoms with Gasteiger partial charge in [0.25, 0.3) is 5.91 Å². The van der Waals surface area contributed by atoms with E-state index < -0.39 is 0 Å². The van der Waals surface area contributed by atoms with Gasteiger partial charge in [-0.05, 0) is 55.2 Å². The number of hydrogen-bond donors (Lipinski definition) is 0. The van der Waals surface area contributed by atoms with Gasteiger partial charge in [0.1, 0.15) is 5.82 Å². The van der Waals surface area contributed by atoms with Crippen molar-refractivity contribution in [2.75, 3.05) is 6.54 Å². The average molecular weight is 350 g/mol. The number of halogens is 1. The molecule has 0 bridgehead atoms. The average Bonchev–Trinajstić information content (AvgIpc) is 3.32. The van der Waals surface area contributed by atoms with Gasteiger partial charge in [-0.1, -0.05) is 29.4 Å². The maximum atomic E-state index is 13.1. The summed E-state index contributed by atoms with van der Waals surface area (Å²) in [5, 5.41) is 3.95. The van der Waals surface area contributed by atoms with E-state index >= 15 is 0 Å². The smallest absolute Gasteiger partial charge is 0.276 e. The highest BCUT2D eigenvalue weighted by molar-refractivity contribution is 5.93. The number of amides is 1. The minimum atomic E-state index is -0.317. The Bertz CT molecular complexity index is 933. The van der Waals surface area contributed by atoms with Crippen molar-refractivity contribution in [2.24, 2.45) is 0 Å². The van der Waals surface area contributed by atoms with Crippen molar-refractivity contribution >= 4 is 5.91 Å². The van der Waals surface area contributed by atoms with Crippen LogP contribution in [0, 0.1) is 12.7 Å². The molecule has 4 nitrogen and oxygen atoms in total. The standard InChI is InChI=1S/C21H19FN2O2/c1-14-5-2-3-6-17(14)19-7-4-12-24(19)21(25)18-13-20(26-23-18)15-8-10-16(22)11-9-15/h2-3,5-6,8-11,13,19H,4,7,12H2,1H3/t19-/m1/s1. The predicted octanol–water partition coefficient (Wildman–Crippen LogP) is 4.77. The first-order valence-electron chi connectivity index (χ1n) is 8.72. The molecule has 0 saturated carbocycles. The zero-order valence-corrected chi connectivity index (χ0v) is 14.5. The van der Waals surface area contributed by atoms with Crippen molar-refractivity contribution in [3.05, 3.63) is 77.2 Å². The molecule has 0 unspecified atom stereocenters. The Morgan fingerprint density at radius 1 is 1.19 bits per heavy atom. The third-order valence-electron chi connectivity index (χ3n) is 4.92. The fourth-order valence-corrected chi connectivity index (χ4v) is 3.57. The van der Waals surface area contributed by atoms with Crippen molar-refractivity contribution in [1.29, 1.82) is 0 Å². The molecule has 132 valence electrons. The maximum Gasteiger partial charge on any atom is 0.276 e. The van der Waals surface area contributed by atoms with Crippen LogP contribution in [0.5, 0.6) is 0 Å². The van der Waals surface area contributed by atoms with Crippen LogP contribution in [0.1, 0.15) is 40.5 Å². The molecule has 1 saturated heterocycles. The number of benzene rings is 2. The van der Waals surface area contributed by atoms with E-state index in [1.165, 1.54) is 23.3 Å². The molecule has 1 fully saturated rings. The first-order valence-corrected chi connectivity index (χ1v) is 8.72. The van der Waals surface area contributed by atoms with E-state index in [4.69, 9.17) is 4.52 Å². The highest BCUT2D eigenvalue weighted by Crippen LogP contribution is 2.35. The lowest BCUT2D eigenvalue weighted by atomic mass is 9.99. The second kappa shape index (κ2) is 6.75. The lowest BCUT2D eigenvalue weighted by Crippen LogP contribution is -2.31. The van der Waals surface area contributed by atoms with Crippen molar-refractivity contribution in [3.8, 4) is 11.3 Å². The number of hydrogen-bond acceptors (Lipinski definition) is 3. The Labute approximate surface area is 151 Å². The van der Waals surface area contributed by atoms with Gasteiger partial charge >= 0.3 is 0 Å². The van der Waals surface area contributed by atoms with Crippen LogP contribution in [0.4, 0.5) is 4.39 Å². The van der Waals surface area contributed by atoms with Crippen LogP contribution < -0.4 is 0 Å². The highest BCUT2D eigenvalue weighted by Gasteiger charge is 2.32. The second-order valence-corrected chi connectivity index (χ2v) is 6.60. The van der Waals surface area contributed by atoms with Crippen molar-refractivity contribution < 1.29 is 13.7 Å². The van der Waals surface area contributed by atoms with Crippen LogP contribution in [-0.2, 0) is 0 Å². The summed E-state index contributed by atoms with van der Waals surface area (Å²) in [4.78, 5) is 14.9. The molecule has 1 atom stereocenters. The molecule has 4 rings (SSSR count). The summed E-state index contributed by atoms with van der Waals surface area (Å²) in [6, 6.07) is 15.8. The second-order valence-electron chi connectivity index (χ2n) is 6.60.